The van der Waals surface area contributed by atoms with Crippen LogP contribution in [0.25, 0.3) is 10.9 Å². The lowest BCUT2D eigenvalue weighted by molar-refractivity contribution is 0.260. The number of aromatic nitrogens is 1. The van der Waals surface area contributed by atoms with Crippen molar-refractivity contribution in [1.82, 2.24) is 9.88 Å². The van der Waals surface area contributed by atoms with Crippen LogP contribution in [0.3, 0.4) is 0 Å². The molecule has 1 aromatic heterocycles. The number of methoxy groups -OCH3 is 1. The molecule has 0 atom stereocenters. The van der Waals surface area contributed by atoms with Crippen LogP contribution >= 0.6 is 0 Å². The van der Waals surface area contributed by atoms with Crippen LogP contribution in [0, 0.1) is 6.92 Å². The molecule has 0 N–H and O–H groups in total. The molecule has 1 saturated heterocycles. The van der Waals surface area contributed by atoms with E-state index in [9.17, 15) is 0 Å². The van der Waals surface area contributed by atoms with Gasteiger partial charge < -0.3 is 19.3 Å². The molecule has 0 aliphatic carbocycles. The zero-order chi connectivity index (χ0) is 21.9. The normalized spacial score (nSPS) is 16.6. The third-order valence-corrected chi connectivity index (χ3v) is 6.40. The summed E-state index contributed by atoms with van der Waals surface area (Å²) in [5, 5.41) is 1.24. The average molecular weight is 431 g/mol. The molecule has 6 heteroatoms. The Labute approximate surface area is 189 Å². The zero-order valence-electron chi connectivity index (χ0n) is 18.8. The van der Waals surface area contributed by atoms with Crippen molar-refractivity contribution in [1.29, 1.82) is 0 Å². The van der Waals surface area contributed by atoms with Crippen LogP contribution in [-0.4, -0.2) is 56.4 Å². The molecule has 0 radical (unpaired) electrons. The second-order valence-electron chi connectivity index (χ2n) is 8.40. The largest absolute Gasteiger partial charge is 0.494 e. The van der Waals surface area contributed by atoms with Crippen molar-refractivity contribution >= 4 is 22.3 Å². The van der Waals surface area contributed by atoms with Gasteiger partial charge in [0.25, 0.3) is 0 Å². The van der Waals surface area contributed by atoms with Crippen molar-refractivity contribution in [2.24, 2.45) is 0 Å². The van der Waals surface area contributed by atoms with Crippen molar-refractivity contribution in [3.05, 3.63) is 72.3 Å². The van der Waals surface area contributed by atoms with Crippen molar-refractivity contribution in [3.63, 3.8) is 0 Å². The number of benzene rings is 2. The van der Waals surface area contributed by atoms with Gasteiger partial charge in [-0.15, -0.1) is 0 Å². The van der Waals surface area contributed by atoms with Gasteiger partial charge in [-0.05, 0) is 49.2 Å². The second kappa shape index (κ2) is 9.09. The van der Waals surface area contributed by atoms with E-state index in [-0.39, 0.29) is 0 Å². The van der Waals surface area contributed by atoms with E-state index in [0.29, 0.717) is 6.73 Å². The molecule has 2 aliphatic heterocycles. The summed E-state index contributed by atoms with van der Waals surface area (Å²) < 4.78 is 11.1. The highest BCUT2D eigenvalue weighted by molar-refractivity contribution is 5.92. The van der Waals surface area contributed by atoms with Gasteiger partial charge in [0.2, 0.25) is 0 Å². The molecule has 6 nitrogen and oxygen atoms in total. The number of anilines is 2. The first-order valence-electron chi connectivity index (χ1n) is 11.3. The van der Waals surface area contributed by atoms with Crippen molar-refractivity contribution in [2.45, 2.75) is 13.3 Å². The molecule has 0 spiro atoms. The molecular weight excluding hydrogens is 400 g/mol. The standard InChI is InChI=1S/C26H30N4O2/c1-20-9-10-22-23(27-20)6-4-7-24(22)29-15-13-28(14-16-29)12-11-21-5-3-8-25(26(21)31-2)30-17-18-32-19-30/h3-10,17-18H,11-16,19H2,1-2H3. The predicted molar refractivity (Wildman–Crippen MR) is 129 cm³/mol. The molecule has 0 unspecified atom stereocenters. The number of ether oxygens (including phenoxy) is 2. The summed E-state index contributed by atoms with van der Waals surface area (Å²) in [6, 6.07) is 17.1. The first-order chi connectivity index (χ1) is 15.7. The van der Waals surface area contributed by atoms with Crippen LogP contribution in [0.2, 0.25) is 0 Å². The van der Waals surface area contributed by atoms with Crippen LogP contribution in [-0.2, 0) is 11.2 Å². The lowest BCUT2D eigenvalue weighted by Gasteiger charge is -2.36. The molecule has 0 saturated carbocycles. The Morgan fingerprint density at radius 2 is 1.78 bits per heavy atom. The van der Waals surface area contributed by atoms with Gasteiger partial charge >= 0.3 is 0 Å². The molecular formula is C26H30N4O2. The predicted octanol–water partition coefficient (Wildman–Crippen LogP) is 4.18. The fraction of sp³-hybridized carbons (Fsp3) is 0.346. The van der Waals surface area contributed by atoms with E-state index in [0.717, 1.165) is 61.8 Å². The van der Waals surface area contributed by atoms with Gasteiger partial charge in [-0.25, -0.2) is 0 Å². The minimum absolute atomic E-state index is 0.533. The number of hydrogen-bond donors (Lipinski definition) is 0. The minimum atomic E-state index is 0.533. The van der Waals surface area contributed by atoms with Crippen molar-refractivity contribution in [3.8, 4) is 5.75 Å². The fourth-order valence-electron chi connectivity index (χ4n) is 4.67. The number of nitrogens with zero attached hydrogens (tertiary/aromatic N) is 4. The van der Waals surface area contributed by atoms with Crippen LogP contribution in [0.4, 0.5) is 11.4 Å². The quantitative estimate of drug-likeness (QED) is 0.584. The summed E-state index contributed by atoms with van der Waals surface area (Å²) >= 11 is 0. The number of aryl methyl sites for hydroxylation is 1. The van der Waals surface area contributed by atoms with Crippen molar-refractivity contribution in [2.75, 3.05) is 56.4 Å². The summed E-state index contributed by atoms with van der Waals surface area (Å²) in [6.45, 7) is 7.77. The summed E-state index contributed by atoms with van der Waals surface area (Å²) in [7, 11) is 1.75. The van der Waals surface area contributed by atoms with Gasteiger partial charge in [0.1, 0.15) is 12.0 Å². The fourth-order valence-corrected chi connectivity index (χ4v) is 4.67. The minimum Gasteiger partial charge on any atom is -0.494 e. The molecule has 3 aromatic rings. The Hall–Kier alpha value is -3.25. The van der Waals surface area contributed by atoms with Gasteiger partial charge in [0.05, 0.1) is 18.3 Å². The number of piperazine rings is 1. The highest BCUT2D eigenvalue weighted by Gasteiger charge is 2.20. The summed E-state index contributed by atoms with van der Waals surface area (Å²) in [6.07, 6.45) is 4.64. The van der Waals surface area contributed by atoms with E-state index in [1.165, 1.54) is 16.6 Å². The van der Waals surface area contributed by atoms with E-state index in [1.807, 2.05) is 13.1 Å². The summed E-state index contributed by atoms with van der Waals surface area (Å²) in [5.74, 6) is 0.944. The highest BCUT2D eigenvalue weighted by atomic mass is 16.5. The van der Waals surface area contributed by atoms with E-state index < -0.39 is 0 Å². The third kappa shape index (κ3) is 4.10. The van der Waals surface area contributed by atoms with Gasteiger partial charge in [0, 0.05) is 55.7 Å². The van der Waals surface area contributed by atoms with E-state index in [4.69, 9.17) is 14.5 Å². The lowest BCUT2D eigenvalue weighted by Crippen LogP contribution is -2.47. The van der Waals surface area contributed by atoms with E-state index in [2.05, 4.69) is 63.2 Å². The molecule has 2 aliphatic rings. The molecule has 5 rings (SSSR count). The summed E-state index contributed by atoms with van der Waals surface area (Å²) in [4.78, 5) is 11.8. The van der Waals surface area contributed by atoms with Gasteiger partial charge in [-0.2, -0.15) is 0 Å². The highest BCUT2D eigenvalue weighted by Crippen LogP contribution is 2.34. The number of para-hydroxylation sites is 1. The molecule has 0 bridgehead atoms. The summed E-state index contributed by atoms with van der Waals surface area (Å²) in [5.41, 5.74) is 5.74. The Kier molecular flexibility index (Phi) is 5.86. The van der Waals surface area contributed by atoms with Crippen LogP contribution in [0.15, 0.2) is 61.0 Å². The van der Waals surface area contributed by atoms with Gasteiger partial charge in [-0.1, -0.05) is 18.2 Å². The van der Waals surface area contributed by atoms with Gasteiger partial charge in [0.15, 0.2) is 6.73 Å². The number of pyridine rings is 1. The first kappa shape index (κ1) is 20.6. The SMILES string of the molecule is COc1c(CCN2CCN(c3cccc4nc(C)ccc34)CC2)cccc1N1C=COC1. The number of rotatable bonds is 6. The number of fused-ring (bicyclic) bond motifs is 1. The van der Waals surface area contributed by atoms with E-state index >= 15 is 0 Å². The van der Waals surface area contributed by atoms with Crippen LogP contribution < -0.4 is 14.5 Å². The molecule has 2 aromatic carbocycles. The van der Waals surface area contributed by atoms with Gasteiger partial charge in [-0.3, -0.25) is 9.88 Å². The van der Waals surface area contributed by atoms with Crippen LogP contribution in [0.1, 0.15) is 11.3 Å². The van der Waals surface area contributed by atoms with Crippen LogP contribution in [0.5, 0.6) is 5.75 Å². The Morgan fingerprint density at radius 1 is 0.969 bits per heavy atom. The Bertz CT molecular complexity index is 1120. The first-order valence-corrected chi connectivity index (χ1v) is 11.3. The Balaban J connectivity index is 1.23. The molecule has 166 valence electrons. The van der Waals surface area contributed by atoms with Crippen molar-refractivity contribution < 1.29 is 9.47 Å². The maximum atomic E-state index is 5.79. The molecule has 0 amide bonds. The molecule has 1 fully saturated rings. The van der Waals surface area contributed by atoms with E-state index in [1.54, 1.807) is 13.4 Å². The molecule has 3 heterocycles. The maximum absolute atomic E-state index is 5.79. The number of hydrogen-bond acceptors (Lipinski definition) is 6. The Morgan fingerprint density at radius 3 is 2.56 bits per heavy atom. The average Bonchev–Trinajstić information content (AvgIpc) is 3.37. The monoisotopic (exact) mass is 430 g/mol. The zero-order valence-corrected chi connectivity index (χ0v) is 18.8. The second-order valence-corrected chi connectivity index (χ2v) is 8.40. The smallest absolute Gasteiger partial charge is 0.164 e. The topological polar surface area (TPSA) is 41.1 Å². The maximum Gasteiger partial charge on any atom is 0.164 e. The third-order valence-electron chi connectivity index (χ3n) is 6.40. The lowest BCUT2D eigenvalue weighted by atomic mass is 10.1. The molecule has 32 heavy (non-hydrogen) atoms.